The van der Waals surface area contributed by atoms with Crippen molar-refractivity contribution in [3.05, 3.63) is 11.1 Å². The standard InChI is InChI=1S/C42H65N3O7/c1-25(2)33-28(47)23-42(43-36(51)45-21-19-44(20-22-45)26(3)46)18-17-40(9)27(34(33)42)11-12-30-39(8)15-14-31(52-32(48)24-37(4,5)35(49)50)38(6,7)29(39)13-16-41(30,40)10/h25,27,29-31H,11-24H2,1-10H3,(H,43,51)(H,49,50)/t27?,29?,30?,31-,39?,40+,41?,42?/m0/s1. The van der Waals surface area contributed by atoms with Crippen molar-refractivity contribution in [1.29, 1.82) is 0 Å². The molecule has 0 spiro atoms. The number of nitrogens with one attached hydrogen (secondary N) is 1. The molecule has 5 fully saturated rings. The van der Waals surface area contributed by atoms with Crippen LogP contribution in [0.4, 0.5) is 4.79 Å². The number of carboxylic acid groups (broad SMARTS) is 1. The highest BCUT2D eigenvalue weighted by Crippen LogP contribution is 2.76. The largest absolute Gasteiger partial charge is 0.481 e. The zero-order valence-electron chi connectivity index (χ0n) is 33.6. The summed E-state index contributed by atoms with van der Waals surface area (Å²) < 4.78 is 6.15. The summed E-state index contributed by atoms with van der Waals surface area (Å²) in [7, 11) is 0. The Balaban J connectivity index is 1.26. The number of hydrogen-bond acceptors (Lipinski definition) is 6. The molecule has 0 aromatic carbocycles. The van der Waals surface area contributed by atoms with Crippen LogP contribution in [0.1, 0.15) is 133 Å². The van der Waals surface area contributed by atoms with Crippen molar-refractivity contribution in [2.45, 2.75) is 145 Å². The maximum Gasteiger partial charge on any atom is 0.318 e. The summed E-state index contributed by atoms with van der Waals surface area (Å²) in [5, 5.41) is 13.1. The third-order valence-electron chi connectivity index (χ3n) is 16.2. The normalized spacial score (nSPS) is 38.6. The van der Waals surface area contributed by atoms with Gasteiger partial charge in [0.25, 0.3) is 0 Å². The van der Waals surface area contributed by atoms with Gasteiger partial charge in [0.2, 0.25) is 5.91 Å². The number of carbonyl (C=O) groups is 5. The summed E-state index contributed by atoms with van der Waals surface area (Å²) in [6, 6.07) is -0.124. The molecule has 0 aromatic rings. The highest BCUT2D eigenvalue weighted by atomic mass is 16.5. The van der Waals surface area contributed by atoms with Crippen molar-refractivity contribution < 1.29 is 33.8 Å². The van der Waals surface area contributed by atoms with Crippen molar-refractivity contribution >= 4 is 29.7 Å². The summed E-state index contributed by atoms with van der Waals surface area (Å²) in [4.78, 5) is 68.3. The lowest BCUT2D eigenvalue weighted by atomic mass is 9.33. The number of nitrogens with zero attached hydrogens (tertiary/aromatic N) is 2. The molecule has 10 nitrogen and oxygen atoms in total. The number of carbonyl (C=O) groups excluding carboxylic acids is 4. The Morgan fingerprint density at radius 2 is 1.50 bits per heavy atom. The van der Waals surface area contributed by atoms with Crippen LogP contribution in [0.3, 0.4) is 0 Å². The van der Waals surface area contributed by atoms with Gasteiger partial charge in [-0.3, -0.25) is 19.2 Å². The zero-order chi connectivity index (χ0) is 38.4. The molecule has 6 rings (SSSR count). The molecular weight excluding hydrogens is 658 g/mol. The fraction of sp³-hybridized carbons (Fsp3) is 0.833. The molecule has 6 aliphatic rings. The number of ether oxygens (including phenoxy) is 1. The second-order valence-corrected chi connectivity index (χ2v) is 19.9. The minimum absolute atomic E-state index is 0.0200. The van der Waals surface area contributed by atoms with Gasteiger partial charge in [0.1, 0.15) is 6.10 Å². The Bertz CT molecular complexity index is 1560. The number of ketones is 1. The van der Waals surface area contributed by atoms with Crippen LogP contribution in [-0.4, -0.2) is 82.4 Å². The smallest absolute Gasteiger partial charge is 0.318 e. The molecule has 6 unspecified atom stereocenters. The van der Waals surface area contributed by atoms with E-state index in [1.807, 2.05) is 4.90 Å². The molecule has 290 valence electrons. The molecule has 10 heteroatoms. The van der Waals surface area contributed by atoms with Gasteiger partial charge >= 0.3 is 18.0 Å². The van der Waals surface area contributed by atoms with E-state index in [1.165, 1.54) is 5.57 Å². The number of Topliss-reactive ketones (excluding diaryl/α,β-unsaturated/α-hetero) is 1. The zero-order valence-corrected chi connectivity index (χ0v) is 33.6. The quantitative estimate of drug-likeness (QED) is 0.282. The molecule has 0 bridgehead atoms. The van der Waals surface area contributed by atoms with Gasteiger partial charge in [-0.1, -0.05) is 48.5 Å². The molecule has 2 N–H and O–H groups in total. The third kappa shape index (κ3) is 5.82. The Hall–Kier alpha value is -2.91. The molecular formula is C42H65N3O7. The molecule has 5 aliphatic carbocycles. The van der Waals surface area contributed by atoms with E-state index in [4.69, 9.17) is 4.74 Å². The van der Waals surface area contributed by atoms with Gasteiger partial charge < -0.3 is 25.0 Å². The van der Waals surface area contributed by atoms with Crippen LogP contribution in [-0.2, 0) is 23.9 Å². The number of fused-ring (bicyclic) bond motifs is 7. The molecule has 1 heterocycles. The van der Waals surface area contributed by atoms with Crippen LogP contribution < -0.4 is 5.32 Å². The second-order valence-electron chi connectivity index (χ2n) is 19.9. The first kappa shape index (κ1) is 38.8. The number of hydrogen-bond donors (Lipinski definition) is 2. The lowest BCUT2D eigenvalue weighted by Crippen LogP contribution is -2.68. The van der Waals surface area contributed by atoms with Crippen molar-refractivity contribution in [1.82, 2.24) is 15.1 Å². The maximum atomic E-state index is 14.0. The molecule has 0 aromatic heterocycles. The number of carboxylic acids is 1. The van der Waals surface area contributed by atoms with Gasteiger partial charge in [-0.2, -0.15) is 0 Å². The molecule has 3 amide bonds. The van der Waals surface area contributed by atoms with Gasteiger partial charge in [0.15, 0.2) is 5.78 Å². The van der Waals surface area contributed by atoms with Crippen LogP contribution >= 0.6 is 0 Å². The predicted octanol–water partition coefficient (Wildman–Crippen LogP) is 7.01. The molecule has 1 saturated heterocycles. The van der Waals surface area contributed by atoms with Gasteiger partial charge in [0, 0.05) is 44.9 Å². The number of amides is 3. The third-order valence-corrected chi connectivity index (χ3v) is 16.2. The predicted molar refractivity (Wildman–Crippen MR) is 198 cm³/mol. The summed E-state index contributed by atoms with van der Waals surface area (Å²) in [6.07, 6.45) is 7.45. The maximum absolute atomic E-state index is 14.0. The number of piperazine rings is 1. The van der Waals surface area contributed by atoms with E-state index in [2.05, 4.69) is 53.8 Å². The fourth-order valence-corrected chi connectivity index (χ4v) is 13.1. The first-order chi connectivity index (χ1) is 24.0. The van der Waals surface area contributed by atoms with Crippen molar-refractivity contribution in [2.75, 3.05) is 26.2 Å². The number of esters is 1. The van der Waals surface area contributed by atoms with E-state index in [9.17, 15) is 29.1 Å². The topological polar surface area (TPSA) is 133 Å². The minimum Gasteiger partial charge on any atom is -0.481 e. The average molecular weight is 724 g/mol. The van der Waals surface area contributed by atoms with E-state index < -0.39 is 22.9 Å². The van der Waals surface area contributed by atoms with Crippen LogP contribution in [0.5, 0.6) is 0 Å². The average Bonchev–Trinajstić information content (AvgIpc) is 3.34. The summed E-state index contributed by atoms with van der Waals surface area (Å²) in [6.45, 7) is 23.0. The minimum atomic E-state index is -1.17. The lowest BCUT2D eigenvalue weighted by molar-refractivity contribution is -0.232. The van der Waals surface area contributed by atoms with Crippen LogP contribution in [0.25, 0.3) is 0 Å². The molecule has 52 heavy (non-hydrogen) atoms. The highest BCUT2D eigenvalue weighted by Gasteiger charge is 2.70. The number of rotatable bonds is 6. The SMILES string of the molecule is CC(=O)N1CCN(C(=O)NC23CC[C@]4(C)C(CCC5C6(C)CC[C@H](OC(=O)CC(C)(C)C(=O)O)C(C)(C)C6CCC54C)C2=C(C(C)C)C(=O)C3)CC1. The van der Waals surface area contributed by atoms with Crippen molar-refractivity contribution in [2.24, 2.45) is 50.7 Å². The van der Waals surface area contributed by atoms with Crippen LogP contribution in [0.2, 0.25) is 0 Å². The summed E-state index contributed by atoms with van der Waals surface area (Å²) in [5.41, 5.74) is 0.0540. The molecule has 0 radical (unpaired) electrons. The van der Waals surface area contributed by atoms with E-state index >= 15 is 0 Å². The highest BCUT2D eigenvalue weighted by molar-refractivity contribution is 6.02. The number of aliphatic carboxylic acids is 1. The fourth-order valence-electron chi connectivity index (χ4n) is 13.1. The Labute approximate surface area is 311 Å². The Morgan fingerprint density at radius 1 is 0.865 bits per heavy atom. The molecule has 8 atom stereocenters. The van der Waals surface area contributed by atoms with Gasteiger partial charge in [-0.25, -0.2) is 4.79 Å². The lowest BCUT2D eigenvalue weighted by Gasteiger charge is -2.72. The number of urea groups is 1. The van der Waals surface area contributed by atoms with Crippen molar-refractivity contribution in [3.8, 4) is 0 Å². The second kappa shape index (κ2) is 12.9. The van der Waals surface area contributed by atoms with Gasteiger partial charge in [0.05, 0.1) is 17.4 Å². The van der Waals surface area contributed by atoms with Crippen LogP contribution in [0.15, 0.2) is 11.1 Å². The Kier molecular flexibility index (Phi) is 9.59. The first-order valence-corrected chi connectivity index (χ1v) is 20.1. The van der Waals surface area contributed by atoms with E-state index in [1.54, 1.807) is 25.7 Å². The Morgan fingerprint density at radius 3 is 2.10 bits per heavy atom. The summed E-state index contributed by atoms with van der Waals surface area (Å²) in [5.74, 6) is -0.143. The monoisotopic (exact) mass is 723 g/mol. The van der Waals surface area contributed by atoms with Crippen molar-refractivity contribution in [3.63, 3.8) is 0 Å². The molecule has 4 saturated carbocycles. The van der Waals surface area contributed by atoms with E-state index in [0.717, 1.165) is 56.9 Å². The molecule has 1 aliphatic heterocycles. The van der Waals surface area contributed by atoms with E-state index in [0.29, 0.717) is 44.4 Å². The first-order valence-electron chi connectivity index (χ1n) is 20.1. The number of allylic oxidation sites excluding steroid dienone is 1. The van der Waals surface area contributed by atoms with Gasteiger partial charge in [-0.15, -0.1) is 0 Å². The van der Waals surface area contributed by atoms with Crippen LogP contribution in [0, 0.1) is 50.7 Å². The summed E-state index contributed by atoms with van der Waals surface area (Å²) >= 11 is 0. The van der Waals surface area contributed by atoms with Gasteiger partial charge in [-0.05, 0) is 116 Å². The van der Waals surface area contributed by atoms with E-state index in [-0.39, 0.29) is 63.7 Å².